The Hall–Kier alpha value is -1.55. The van der Waals surface area contributed by atoms with Gasteiger partial charge < -0.3 is 33.9 Å². The normalized spacial score (nSPS) is 53.0. The maximum Gasteiger partial charge on any atom is 0.316 e. The number of fused-ring (bicyclic) bond motifs is 2. The lowest BCUT2D eigenvalue weighted by molar-refractivity contribution is -0.335. The molecule has 6 aliphatic rings. The number of ether oxygens (including phenoxy) is 5. The average Bonchev–Trinajstić information content (AvgIpc) is 3.55. The van der Waals surface area contributed by atoms with Gasteiger partial charge in [0.25, 0.3) is 0 Å². The van der Waals surface area contributed by atoms with Crippen LogP contribution in [0.2, 0.25) is 0 Å². The van der Waals surface area contributed by atoms with E-state index in [0.717, 1.165) is 32.1 Å². The highest BCUT2D eigenvalue weighted by Gasteiger charge is 2.79. The van der Waals surface area contributed by atoms with E-state index >= 15 is 0 Å². The van der Waals surface area contributed by atoms with E-state index in [1.807, 2.05) is 6.08 Å². The Kier molecular flexibility index (Phi) is 7.37. The Morgan fingerprint density at radius 1 is 1.10 bits per heavy atom. The SMILES string of the molecule is CC[C@H]1O[C@]2(CC[C@@H]1C)C[C@@H]1C[C@@H](C/C=C(\C)C[C@@H](C)/C=C\[C@@H]3O[C@]34CO[C@@H]3[C@H](O)C(C)=C[C@@H](C(=O)O1)[C@@]34O)O2. The minimum atomic E-state index is -1.75. The third-order valence-corrected chi connectivity index (χ3v) is 10.3. The van der Waals surface area contributed by atoms with Gasteiger partial charge in [0.1, 0.15) is 35.9 Å². The second-order valence-corrected chi connectivity index (χ2v) is 13.4. The standard InChI is InChI=1S/C32H46O8/c1-6-25-20(4)11-12-30(39-25)16-23-15-22(38-30)9-7-18(2)13-19(3)8-10-26-31(40-26)17-36-28-27(33)21(5)14-24(29(34)37-23)32(28,31)35/h7-8,10,14,19-20,22-28,33,35H,6,9,11-13,15-17H2,1-5H3/b10-8-,18-7+/t19-,20-,22+,23-,24-,25+,26-,27+,28+,30+,31+,32+/m0/s1. The number of esters is 1. The summed E-state index contributed by atoms with van der Waals surface area (Å²) < 4.78 is 31.7. The second kappa shape index (κ2) is 10.3. The molecule has 2 N–H and O–H groups in total. The molecule has 2 spiro atoms. The average molecular weight is 559 g/mol. The number of hydrogen-bond donors (Lipinski definition) is 2. The quantitative estimate of drug-likeness (QED) is 0.281. The lowest BCUT2D eigenvalue weighted by Crippen LogP contribution is -2.63. The number of carbonyl (C=O) groups excluding carboxylic acids is 1. The highest BCUT2D eigenvalue weighted by atomic mass is 16.7. The predicted molar refractivity (Wildman–Crippen MR) is 147 cm³/mol. The Balaban J connectivity index is 1.36. The Morgan fingerprint density at radius 3 is 2.67 bits per heavy atom. The first-order valence-electron chi connectivity index (χ1n) is 15.3. The first-order valence-corrected chi connectivity index (χ1v) is 15.3. The highest BCUT2D eigenvalue weighted by molar-refractivity contribution is 5.78. The predicted octanol–water partition coefficient (Wildman–Crippen LogP) is 4.14. The smallest absolute Gasteiger partial charge is 0.316 e. The van der Waals surface area contributed by atoms with Crippen molar-refractivity contribution >= 4 is 5.97 Å². The van der Waals surface area contributed by atoms with Crippen LogP contribution in [-0.2, 0) is 28.5 Å². The van der Waals surface area contributed by atoms with E-state index in [0.29, 0.717) is 24.3 Å². The van der Waals surface area contributed by atoms with Gasteiger partial charge in [0.2, 0.25) is 0 Å². The number of hydrogen-bond acceptors (Lipinski definition) is 8. The zero-order valence-corrected chi connectivity index (χ0v) is 24.5. The van der Waals surface area contributed by atoms with E-state index in [1.165, 1.54) is 5.57 Å². The molecule has 4 saturated heterocycles. The highest BCUT2D eigenvalue weighted by Crippen LogP contribution is 2.59. The molecular formula is C32H46O8. The van der Waals surface area contributed by atoms with Crippen molar-refractivity contribution in [3.8, 4) is 0 Å². The molecular weight excluding hydrogens is 512 g/mol. The van der Waals surface area contributed by atoms with E-state index in [9.17, 15) is 15.0 Å². The summed E-state index contributed by atoms with van der Waals surface area (Å²) in [6.07, 6.45) is 10.4. The van der Waals surface area contributed by atoms with Crippen molar-refractivity contribution in [1.29, 1.82) is 0 Å². The van der Waals surface area contributed by atoms with E-state index < -0.39 is 53.3 Å². The van der Waals surface area contributed by atoms with Crippen molar-refractivity contribution < 1.29 is 38.7 Å². The van der Waals surface area contributed by atoms with Gasteiger partial charge in [-0.25, -0.2) is 0 Å². The summed E-state index contributed by atoms with van der Waals surface area (Å²) in [5.74, 6) is -1.63. The summed E-state index contributed by atoms with van der Waals surface area (Å²) in [5, 5.41) is 23.2. The Bertz CT molecular complexity index is 1100. The van der Waals surface area contributed by atoms with E-state index in [2.05, 4.69) is 39.8 Å². The van der Waals surface area contributed by atoms with Gasteiger partial charge in [-0.05, 0) is 56.9 Å². The van der Waals surface area contributed by atoms with E-state index in [-0.39, 0.29) is 24.7 Å². The zero-order chi connectivity index (χ0) is 28.4. The van der Waals surface area contributed by atoms with E-state index in [1.54, 1.807) is 13.0 Å². The molecule has 5 aliphatic heterocycles. The van der Waals surface area contributed by atoms with Gasteiger partial charge >= 0.3 is 5.97 Å². The number of aliphatic hydroxyl groups excluding tert-OH is 1. The molecule has 40 heavy (non-hydrogen) atoms. The van der Waals surface area contributed by atoms with Crippen LogP contribution in [0.25, 0.3) is 0 Å². The molecule has 0 amide bonds. The molecule has 8 nitrogen and oxygen atoms in total. The summed E-state index contributed by atoms with van der Waals surface area (Å²) in [7, 11) is 0. The minimum absolute atomic E-state index is 0.0953. The van der Waals surface area contributed by atoms with Gasteiger partial charge in [-0.2, -0.15) is 0 Å². The fourth-order valence-corrected chi connectivity index (χ4v) is 7.95. The van der Waals surface area contributed by atoms with Crippen LogP contribution in [0.1, 0.15) is 79.6 Å². The third kappa shape index (κ3) is 4.63. The topological polar surface area (TPSA) is 107 Å². The molecule has 0 aromatic carbocycles. The number of epoxide rings is 1. The number of aliphatic hydroxyl groups is 2. The maximum atomic E-state index is 14.0. The molecule has 0 aromatic heterocycles. The Morgan fingerprint density at radius 2 is 1.90 bits per heavy atom. The van der Waals surface area contributed by atoms with Gasteiger partial charge in [-0.15, -0.1) is 0 Å². The maximum absolute atomic E-state index is 14.0. The first-order chi connectivity index (χ1) is 19.0. The molecule has 4 fully saturated rings. The van der Waals surface area contributed by atoms with Crippen LogP contribution in [0, 0.1) is 17.8 Å². The summed E-state index contributed by atoms with van der Waals surface area (Å²) >= 11 is 0. The molecule has 2 bridgehead atoms. The summed E-state index contributed by atoms with van der Waals surface area (Å²) in [5.41, 5.74) is -0.994. The van der Waals surface area contributed by atoms with Crippen LogP contribution in [-0.4, -0.2) is 76.4 Å². The number of rotatable bonds is 1. The minimum Gasteiger partial charge on any atom is -0.462 e. The molecule has 0 radical (unpaired) electrons. The molecule has 6 rings (SSSR count). The monoisotopic (exact) mass is 558 g/mol. The largest absolute Gasteiger partial charge is 0.462 e. The lowest BCUT2D eigenvalue weighted by Gasteiger charge is -2.50. The van der Waals surface area contributed by atoms with Crippen molar-refractivity contribution in [2.75, 3.05) is 6.61 Å². The molecule has 222 valence electrons. The Labute approximate surface area is 237 Å². The molecule has 8 heteroatoms. The van der Waals surface area contributed by atoms with Crippen LogP contribution < -0.4 is 0 Å². The van der Waals surface area contributed by atoms with Crippen LogP contribution in [0.15, 0.2) is 35.5 Å². The van der Waals surface area contributed by atoms with Crippen LogP contribution in [0.5, 0.6) is 0 Å². The molecule has 5 heterocycles. The van der Waals surface area contributed by atoms with Crippen molar-refractivity contribution in [3.63, 3.8) is 0 Å². The number of allylic oxidation sites excluding steroid dienone is 2. The summed E-state index contributed by atoms with van der Waals surface area (Å²) in [6, 6.07) is 0. The first kappa shape index (κ1) is 28.6. The zero-order valence-electron chi connectivity index (χ0n) is 24.5. The summed E-state index contributed by atoms with van der Waals surface area (Å²) in [6.45, 7) is 10.5. The van der Waals surface area contributed by atoms with Crippen molar-refractivity contribution in [2.24, 2.45) is 17.8 Å². The molecule has 0 saturated carbocycles. The van der Waals surface area contributed by atoms with Gasteiger partial charge in [0.05, 0.1) is 18.8 Å². The molecule has 0 unspecified atom stereocenters. The lowest BCUT2D eigenvalue weighted by atomic mass is 9.67. The van der Waals surface area contributed by atoms with Gasteiger partial charge in [0, 0.05) is 19.3 Å². The van der Waals surface area contributed by atoms with Crippen molar-refractivity contribution in [2.45, 2.75) is 133 Å². The molecule has 12 atom stereocenters. The molecule has 1 aliphatic carbocycles. The summed E-state index contributed by atoms with van der Waals surface area (Å²) in [4.78, 5) is 14.0. The second-order valence-electron chi connectivity index (χ2n) is 13.4. The third-order valence-electron chi connectivity index (χ3n) is 10.3. The van der Waals surface area contributed by atoms with Gasteiger partial charge in [-0.3, -0.25) is 4.79 Å². The number of carbonyl (C=O) groups is 1. The van der Waals surface area contributed by atoms with Crippen molar-refractivity contribution in [1.82, 2.24) is 0 Å². The van der Waals surface area contributed by atoms with Gasteiger partial charge in [0.15, 0.2) is 11.4 Å². The van der Waals surface area contributed by atoms with Crippen LogP contribution >= 0.6 is 0 Å². The fourth-order valence-electron chi connectivity index (χ4n) is 7.95. The fraction of sp³-hybridized carbons (Fsp3) is 0.781. The van der Waals surface area contributed by atoms with E-state index in [4.69, 9.17) is 23.7 Å². The van der Waals surface area contributed by atoms with Crippen LogP contribution in [0.4, 0.5) is 0 Å². The molecule has 0 aromatic rings. The van der Waals surface area contributed by atoms with Crippen molar-refractivity contribution in [3.05, 3.63) is 35.5 Å². The van der Waals surface area contributed by atoms with Gasteiger partial charge in [-0.1, -0.05) is 50.6 Å². The van der Waals surface area contributed by atoms with Crippen LogP contribution in [0.3, 0.4) is 0 Å².